The number of hydrogen-bond donors (Lipinski definition) is 1. The van der Waals surface area contributed by atoms with E-state index in [1.165, 1.54) is 4.31 Å². The number of hydrogen-bond acceptors (Lipinski definition) is 4. The molecule has 2 aliphatic heterocycles. The third kappa shape index (κ3) is 3.21. The van der Waals surface area contributed by atoms with Crippen molar-refractivity contribution in [2.24, 2.45) is 5.92 Å². The minimum absolute atomic E-state index is 0.00101. The van der Waals surface area contributed by atoms with Crippen LogP contribution in [-0.2, 0) is 14.8 Å². The minimum Gasteiger partial charge on any atom is -0.343 e. The molecule has 18 heavy (non-hydrogen) atoms. The molecule has 0 aromatic rings. The highest BCUT2D eigenvalue weighted by molar-refractivity contribution is 7.89. The summed E-state index contributed by atoms with van der Waals surface area (Å²) in [5.41, 5.74) is 0. The molecule has 6 nitrogen and oxygen atoms in total. The molecule has 0 radical (unpaired) electrons. The van der Waals surface area contributed by atoms with Gasteiger partial charge in [-0.3, -0.25) is 4.79 Å². The van der Waals surface area contributed by atoms with Gasteiger partial charge in [0.25, 0.3) is 0 Å². The average molecular weight is 275 g/mol. The molecule has 2 aliphatic rings. The van der Waals surface area contributed by atoms with E-state index in [1.807, 2.05) is 0 Å². The standard InChI is InChI=1S/C11H21N3O3S/c1-13-5-6-14(8-11(13)15)18(16,17)9-10-3-2-4-12-7-10/h10,12H,2-9H2,1H3. The number of sulfonamides is 1. The van der Waals surface area contributed by atoms with Crippen molar-refractivity contribution in [1.82, 2.24) is 14.5 Å². The highest BCUT2D eigenvalue weighted by Gasteiger charge is 2.32. The zero-order chi connectivity index (χ0) is 13.2. The topological polar surface area (TPSA) is 69.7 Å². The summed E-state index contributed by atoms with van der Waals surface area (Å²) in [4.78, 5) is 13.1. The molecule has 1 unspecified atom stereocenters. The fourth-order valence-electron chi connectivity index (χ4n) is 2.44. The fourth-order valence-corrected chi connectivity index (χ4v) is 4.20. The van der Waals surface area contributed by atoms with E-state index < -0.39 is 10.0 Å². The maximum absolute atomic E-state index is 12.2. The Bertz CT molecular complexity index is 404. The van der Waals surface area contributed by atoms with Gasteiger partial charge in [-0.05, 0) is 31.8 Å². The molecular formula is C11H21N3O3S. The van der Waals surface area contributed by atoms with Gasteiger partial charge in [0.05, 0.1) is 12.3 Å². The van der Waals surface area contributed by atoms with Gasteiger partial charge >= 0.3 is 0 Å². The Hall–Kier alpha value is -0.660. The number of rotatable bonds is 3. The van der Waals surface area contributed by atoms with Crippen molar-refractivity contribution in [3.05, 3.63) is 0 Å². The second-order valence-corrected chi connectivity index (χ2v) is 7.15. The maximum Gasteiger partial charge on any atom is 0.237 e. The summed E-state index contributed by atoms with van der Waals surface area (Å²) < 4.78 is 25.8. The van der Waals surface area contributed by atoms with Crippen LogP contribution in [0, 0.1) is 5.92 Å². The van der Waals surface area contributed by atoms with Crippen LogP contribution in [0.3, 0.4) is 0 Å². The third-order valence-electron chi connectivity index (χ3n) is 3.66. The summed E-state index contributed by atoms with van der Waals surface area (Å²) in [5.74, 6) is 0.224. The van der Waals surface area contributed by atoms with Crippen LogP contribution >= 0.6 is 0 Å². The quantitative estimate of drug-likeness (QED) is 0.724. The maximum atomic E-state index is 12.2. The molecule has 0 bridgehead atoms. The van der Waals surface area contributed by atoms with Crippen molar-refractivity contribution < 1.29 is 13.2 Å². The molecule has 1 amide bonds. The number of amides is 1. The first kappa shape index (κ1) is 13.8. The molecular weight excluding hydrogens is 254 g/mol. The first-order valence-electron chi connectivity index (χ1n) is 6.41. The first-order chi connectivity index (χ1) is 8.49. The van der Waals surface area contributed by atoms with Crippen LogP contribution in [0.1, 0.15) is 12.8 Å². The Kier molecular flexibility index (Phi) is 4.24. The van der Waals surface area contributed by atoms with E-state index in [1.54, 1.807) is 11.9 Å². The lowest BCUT2D eigenvalue weighted by Gasteiger charge is -2.32. The van der Waals surface area contributed by atoms with Gasteiger partial charge in [0.15, 0.2) is 0 Å². The van der Waals surface area contributed by atoms with Gasteiger partial charge in [0, 0.05) is 20.1 Å². The van der Waals surface area contributed by atoms with E-state index in [4.69, 9.17) is 0 Å². The Morgan fingerprint density at radius 3 is 2.78 bits per heavy atom. The van der Waals surface area contributed by atoms with Gasteiger partial charge in [-0.2, -0.15) is 4.31 Å². The van der Waals surface area contributed by atoms with E-state index in [-0.39, 0.29) is 24.1 Å². The molecule has 0 saturated carbocycles. The zero-order valence-corrected chi connectivity index (χ0v) is 11.6. The van der Waals surface area contributed by atoms with Crippen molar-refractivity contribution in [2.75, 3.05) is 45.5 Å². The lowest BCUT2D eigenvalue weighted by atomic mass is 10.0. The fraction of sp³-hybridized carbons (Fsp3) is 0.909. The summed E-state index contributed by atoms with van der Waals surface area (Å²) >= 11 is 0. The Balaban J connectivity index is 1.95. The number of nitrogens with zero attached hydrogens (tertiary/aromatic N) is 2. The van der Waals surface area contributed by atoms with Crippen LogP contribution in [0.4, 0.5) is 0 Å². The van der Waals surface area contributed by atoms with Crippen molar-refractivity contribution in [1.29, 1.82) is 0 Å². The van der Waals surface area contributed by atoms with Crippen molar-refractivity contribution in [2.45, 2.75) is 12.8 Å². The predicted octanol–water partition coefficient (Wildman–Crippen LogP) is -0.910. The number of piperazine rings is 1. The molecule has 0 aromatic carbocycles. The van der Waals surface area contributed by atoms with E-state index in [9.17, 15) is 13.2 Å². The lowest BCUT2D eigenvalue weighted by molar-refractivity contribution is -0.132. The average Bonchev–Trinajstić information content (AvgIpc) is 2.33. The summed E-state index contributed by atoms with van der Waals surface area (Å²) in [7, 11) is -1.59. The van der Waals surface area contributed by atoms with Crippen LogP contribution in [0.2, 0.25) is 0 Å². The van der Waals surface area contributed by atoms with E-state index in [0.717, 1.165) is 25.9 Å². The molecule has 2 heterocycles. The molecule has 0 aliphatic carbocycles. The predicted molar refractivity (Wildman–Crippen MR) is 68.6 cm³/mol. The molecule has 7 heteroatoms. The highest BCUT2D eigenvalue weighted by Crippen LogP contribution is 2.16. The smallest absolute Gasteiger partial charge is 0.237 e. The van der Waals surface area contributed by atoms with Gasteiger partial charge in [-0.25, -0.2) is 8.42 Å². The van der Waals surface area contributed by atoms with Crippen LogP contribution < -0.4 is 5.32 Å². The van der Waals surface area contributed by atoms with Crippen molar-refractivity contribution in [3.63, 3.8) is 0 Å². The van der Waals surface area contributed by atoms with E-state index >= 15 is 0 Å². The summed E-state index contributed by atoms with van der Waals surface area (Å²) in [5, 5.41) is 3.22. The SMILES string of the molecule is CN1CCN(S(=O)(=O)CC2CCCNC2)CC1=O. The molecule has 104 valence electrons. The number of nitrogens with one attached hydrogen (secondary N) is 1. The van der Waals surface area contributed by atoms with E-state index in [0.29, 0.717) is 13.1 Å². The normalized spacial score (nSPS) is 27.5. The van der Waals surface area contributed by atoms with Crippen LogP contribution in [-0.4, -0.2) is 69.1 Å². The minimum atomic E-state index is -3.29. The molecule has 2 rings (SSSR count). The largest absolute Gasteiger partial charge is 0.343 e. The van der Waals surface area contributed by atoms with Gasteiger partial charge in [-0.1, -0.05) is 0 Å². The van der Waals surface area contributed by atoms with Crippen molar-refractivity contribution >= 4 is 15.9 Å². The Morgan fingerprint density at radius 2 is 2.17 bits per heavy atom. The molecule has 1 atom stereocenters. The number of likely N-dealkylation sites (N-methyl/N-ethyl adjacent to an activating group) is 1. The molecule has 0 spiro atoms. The monoisotopic (exact) mass is 275 g/mol. The van der Waals surface area contributed by atoms with Gasteiger partial charge in [-0.15, -0.1) is 0 Å². The summed E-state index contributed by atoms with van der Waals surface area (Å²) in [6.45, 7) is 2.65. The number of piperidine rings is 1. The molecule has 0 aromatic heterocycles. The molecule has 2 fully saturated rings. The third-order valence-corrected chi connectivity index (χ3v) is 5.65. The summed E-state index contributed by atoms with van der Waals surface area (Å²) in [6.07, 6.45) is 1.98. The van der Waals surface area contributed by atoms with Gasteiger partial charge < -0.3 is 10.2 Å². The van der Waals surface area contributed by atoms with Gasteiger partial charge in [0.1, 0.15) is 0 Å². The lowest BCUT2D eigenvalue weighted by Crippen LogP contribution is -2.52. The van der Waals surface area contributed by atoms with Crippen molar-refractivity contribution in [3.8, 4) is 0 Å². The summed E-state index contributed by atoms with van der Waals surface area (Å²) in [6, 6.07) is 0. The highest BCUT2D eigenvalue weighted by atomic mass is 32.2. The van der Waals surface area contributed by atoms with Crippen LogP contribution in [0.5, 0.6) is 0 Å². The number of carbonyl (C=O) groups is 1. The van der Waals surface area contributed by atoms with E-state index in [2.05, 4.69) is 5.32 Å². The zero-order valence-electron chi connectivity index (χ0n) is 10.8. The molecule has 1 N–H and O–H groups in total. The van der Waals surface area contributed by atoms with Crippen LogP contribution in [0.15, 0.2) is 0 Å². The van der Waals surface area contributed by atoms with Gasteiger partial charge in [0.2, 0.25) is 15.9 Å². The van der Waals surface area contributed by atoms with Crippen LogP contribution in [0.25, 0.3) is 0 Å². The number of carbonyl (C=O) groups excluding carboxylic acids is 1. The first-order valence-corrected chi connectivity index (χ1v) is 8.02. The molecule has 2 saturated heterocycles. The second-order valence-electron chi connectivity index (χ2n) is 5.14. The Labute approximate surface area is 108 Å². The Morgan fingerprint density at radius 1 is 1.39 bits per heavy atom. The second kappa shape index (κ2) is 5.54.